The molecule has 19 heavy (non-hydrogen) atoms. The van der Waals surface area contributed by atoms with Gasteiger partial charge in [-0.15, -0.1) is 0 Å². The van der Waals surface area contributed by atoms with Gasteiger partial charge >= 0.3 is 0 Å². The summed E-state index contributed by atoms with van der Waals surface area (Å²) in [6.07, 6.45) is 0. The molecule has 1 fully saturated rings. The maximum Gasteiger partial charge on any atom is 0.256 e. The third kappa shape index (κ3) is 2.41. The van der Waals surface area contributed by atoms with Crippen LogP contribution in [0.4, 0.5) is 5.69 Å². The summed E-state index contributed by atoms with van der Waals surface area (Å²) in [4.78, 5) is 18.4. The predicted molar refractivity (Wildman–Crippen MR) is 77.4 cm³/mol. The fraction of sp³-hybridized carbons (Fsp3) is 0.429. The highest BCUT2D eigenvalue weighted by atomic mass is 16.2. The van der Waals surface area contributed by atoms with Gasteiger partial charge in [0.1, 0.15) is 5.54 Å². The Kier molecular flexibility index (Phi) is 3.46. The molecule has 0 saturated carbocycles. The largest absolute Gasteiger partial charge is 0.378 e. The molecule has 5 nitrogen and oxygen atoms in total. The second kappa shape index (κ2) is 4.91. The van der Waals surface area contributed by atoms with E-state index in [-0.39, 0.29) is 5.91 Å². The zero-order chi connectivity index (χ0) is 14.0. The van der Waals surface area contributed by atoms with Crippen molar-refractivity contribution in [2.45, 2.75) is 19.4 Å². The lowest BCUT2D eigenvalue weighted by Gasteiger charge is -2.22. The van der Waals surface area contributed by atoms with E-state index in [1.807, 2.05) is 57.1 Å². The van der Waals surface area contributed by atoms with Crippen LogP contribution in [0.1, 0.15) is 19.4 Å². The minimum Gasteiger partial charge on any atom is -0.378 e. The number of nitrogens with zero attached hydrogens (tertiary/aromatic N) is 2. The average molecular weight is 260 g/mol. The number of aliphatic imine (C=N–C) groups is 1. The molecule has 1 amide bonds. The molecule has 0 aromatic heterocycles. The average Bonchev–Trinajstić information content (AvgIpc) is 2.66. The molecular weight excluding hydrogens is 240 g/mol. The molecule has 0 spiro atoms. The van der Waals surface area contributed by atoms with Crippen LogP contribution in [0.3, 0.4) is 0 Å². The van der Waals surface area contributed by atoms with Crippen molar-refractivity contribution < 1.29 is 4.79 Å². The van der Waals surface area contributed by atoms with E-state index in [0.717, 1.165) is 11.3 Å². The van der Waals surface area contributed by atoms with E-state index in [1.54, 1.807) is 0 Å². The summed E-state index contributed by atoms with van der Waals surface area (Å²) in [5, 5.41) is 5.93. The van der Waals surface area contributed by atoms with Crippen molar-refractivity contribution >= 4 is 17.6 Å². The lowest BCUT2D eigenvalue weighted by atomic mass is 9.92. The molecule has 2 N–H and O–H groups in total. The monoisotopic (exact) mass is 260 g/mol. The van der Waals surface area contributed by atoms with Crippen LogP contribution in [0, 0.1) is 0 Å². The van der Waals surface area contributed by atoms with Crippen LogP contribution in [0.2, 0.25) is 0 Å². The van der Waals surface area contributed by atoms with Gasteiger partial charge in [-0.05, 0) is 31.5 Å². The van der Waals surface area contributed by atoms with Gasteiger partial charge in [-0.3, -0.25) is 15.1 Å². The maximum absolute atomic E-state index is 12.1. The molecule has 102 valence electrons. The fourth-order valence-electron chi connectivity index (χ4n) is 2.09. The molecule has 5 heteroatoms. The van der Waals surface area contributed by atoms with Gasteiger partial charge < -0.3 is 10.2 Å². The third-order valence-electron chi connectivity index (χ3n) is 3.33. The molecule has 1 atom stereocenters. The number of nitrogens with one attached hydrogen (secondary N) is 2. The summed E-state index contributed by atoms with van der Waals surface area (Å²) in [5.41, 5.74) is 1.28. The highest BCUT2D eigenvalue weighted by Crippen LogP contribution is 2.26. The Labute approximate surface area is 113 Å². The van der Waals surface area contributed by atoms with Gasteiger partial charge in [0.15, 0.2) is 5.96 Å². The quantitative estimate of drug-likeness (QED) is 0.854. The van der Waals surface area contributed by atoms with Gasteiger partial charge in [0.05, 0.1) is 0 Å². The summed E-state index contributed by atoms with van der Waals surface area (Å²) in [5.74, 6) is 0.476. The van der Waals surface area contributed by atoms with E-state index in [1.165, 1.54) is 0 Å². The molecule has 1 unspecified atom stereocenters. The number of benzene rings is 1. The molecule has 0 aliphatic carbocycles. The lowest BCUT2D eigenvalue weighted by molar-refractivity contribution is -0.123. The topological polar surface area (TPSA) is 56.7 Å². The molecule has 1 heterocycles. The van der Waals surface area contributed by atoms with Gasteiger partial charge in [-0.1, -0.05) is 12.1 Å². The van der Waals surface area contributed by atoms with Gasteiger partial charge in [-0.2, -0.15) is 0 Å². The zero-order valence-corrected chi connectivity index (χ0v) is 11.8. The second-order valence-corrected chi connectivity index (χ2v) is 4.97. The van der Waals surface area contributed by atoms with Crippen molar-refractivity contribution in [3.63, 3.8) is 0 Å². The molecule has 1 aliphatic heterocycles. The number of hydrogen-bond donors (Lipinski definition) is 2. The molecule has 1 saturated heterocycles. The predicted octanol–water partition coefficient (Wildman–Crippen LogP) is 1.06. The van der Waals surface area contributed by atoms with Crippen molar-refractivity contribution in [2.24, 2.45) is 4.99 Å². The maximum atomic E-state index is 12.1. The summed E-state index contributed by atoms with van der Waals surface area (Å²) in [6.45, 7) is 4.44. The first kappa shape index (κ1) is 13.4. The SMILES string of the molecule is CCN=C1NC(=O)C(C)(c2ccc(N(C)C)cc2)N1. The number of carbonyl (C=O) groups is 1. The van der Waals surface area contributed by atoms with E-state index in [2.05, 4.69) is 15.6 Å². The fourth-order valence-corrected chi connectivity index (χ4v) is 2.09. The van der Waals surface area contributed by atoms with E-state index < -0.39 is 5.54 Å². The number of amides is 1. The molecule has 1 aromatic carbocycles. The smallest absolute Gasteiger partial charge is 0.256 e. The first-order valence-electron chi connectivity index (χ1n) is 6.39. The first-order valence-corrected chi connectivity index (χ1v) is 6.39. The van der Waals surface area contributed by atoms with E-state index >= 15 is 0 Å². The number of carbonyl (C=O) groups excluding carboxylic acids is 1. The van der Waals surface area contributed by atoms with E-state index in [9.17, 15) is 4.79 Å². The molecule has 1 aliphatic rings. The number of hydrogen-bond acceptors (Lipinski definition) is 3. The van der Waals surface area contributed by atoms with Crippen LogP contribution in [0.25, 0.3) is 0 Å². The highest BCUT2D eigenvalue weighted by Gasteiger charge is 2.42. The highest BCUT2D eigenvalue weighted by molar-refractivity contribution is 6.09. The summed E-state index contributed by atoms with van der Waals surface area (Å²) < 4.78 is 0. The van der Waals surface area contributed by atoms with E-state index in [4.69, 9.17) is 0 Å². The Hall–Kier alpha value is -2.04. The van der Waals surface area contributed by atoms with Gasteiger partial charge in [0.25, 0.3) is 5.91 Å². The third-order valence-corrected chi connectivity index (χ3v) is 3.33. The minimum absolute atomic E-state index is 0.0719. The summed E-state index contributed by atoms with van der Waals surface area (Å²) >= 11 is 0. The van der Waals surface area contributed by atoms with Gasteiger partial charge in [-0.25, -0.2) is 0 Å². The number of rotatable bonds is 3. The van der Waals surface area contributed by atoms with Crippen molar-refractivity contribution in [2.75, 3.05) is 25.5 Å². The number of guanidine groups is 1. The standard InChI is InChI=1S/C14H20N4O/c1-5-15-13-16-12(19)14(2,17-13)10-6-8-11(9-7-10)18(3)4/h6-9H,5H2,1-4H3,(H2,15,16,17,19). The van der Waals surface area contributed by atoms with Crippen LogP contribution in [0.5, 0.6) is 0 Å². The van der Waals surface area contributed by atoms with E-state index in [0.29, 0.717) is 12.5 Å². The molecular formula is C14H20N4O. The summed E-state index contributed by atoms with van der Waals surface area (Å²) in [6, 6.07) is 7.95. The Morgan fingerprint density at radius 1 is 1.26 bits per heavy atom. The Bertz CT molecular complexity index is 507. The lowest BCUT2D eigenvalue weighted by Crippen LogP contribution is -2.40. The normalized spacial score (nSPS) is 24.2. The Morgan fingerprint density at radius 2 is 1.89 bits per heavy atom. The van der Waals surface area contributed by atoms with Crippen molar-refractivity contribution in [3.8, 4) is 0 Å². The van der Waals surface area contributed by atoms with Crippen molar-refractivity contribution in [3.05, 3.63) is 29.8 Å². The summed E-state index contributed by atoms with van der Waals surface area (Å²) in [7, 11) is 3.98. The second-order valence-electron chi connectivity index (χ2n) is 4.97. The van der Waals surface area contributed by atoms with Crippen molar-refractivity contribution in [1.29, 1.82) is 0 Å². The minimum atomic E-state index is -0.751. The van der Waals surface area contributed by atoms with Gasteiger partial charge in [0.2, 0.25) is 0 Å². The number of anilines is 1. The zero-order valence-electron chi connectivity index (χ0n) is 11.8. The van der Waals surface area contributed by atoms with Crippen LogP contribution in [0.15, 0.2) is 29.3 Å². The van der Waals surface area contributed by atoms with Crippen LogP contribution in [-0.4, -0.2) is 32.5 Å². The van der Waals surface area contributed by atoms with Crippen LogP contribution in [-0.2, 0) is 10.3 Å². The molecule has 0 bridgehead atoms. The Balaban J connectivity index is 2.30. The molecule has 0 radical (unpaired) electrons. The molecule has 1 aromatic rings. The van der Waals surface area contributed by atoms with Crippen LogP contribution < -0.4 is 15.5 Å². The van der Waals surface area contributed by atoms with Gasteiger partial charge in [0, 0.05) is 26.3 Å². The Morgan fingerprint density at radius 3 is 2.42 bits per heavy atom. The van der Waals surface area contributed by atoms with Crippen molar-refractivity contribution in [1.82, 2.24) is 10.6 Å². The van der Waals surface area contributed by atoms with Crippen LogP contribution >= 0.6 is 0 Å². The first-order chi connectivity index (χ1) is 8.97. The molecule has 2 rings (SSSR count).